The summed E-state index contributed by atoms with van der Waals surface area (Å²) >= 11 is 1.59. The summed E-state index contributed by atoms with van der Waals surface area (Å²) in [5.41, 5.74) is 1.46. The maximum atomic E-state index is 12.4. The van der Waals surface area contributed by atoms with Gasteiger partial charge < -0.3 is 9.73 Å². The second kappa shape index (κ2) is 5.94. The van der Waals surface area contributed by atoms with Crippen LogP contribution in [-0.4, -0.2) is 22.1 Å². The minimum absolute atomic E-state index is 0.0878. The van der Waals surface area contributed by atoms with E-state index in [1.54, 1.807) is 11.3 Å². The third-order valence-electron chi connectivity index (χ3n) is 6.93. The third-order valence-corrected chi connectivity index (χ3v) is 7.61. The first-order valence-electron chi connectivity index (χ1n) is 9.04. The van der Waals surface area contributed by atoms with Crippen molar-refractivity contribution in [2.24, 2.45) is 16.7 Å². The van der Waals surface area contributed by atoms with E-state index in [0.29, 0.717) is 30.0 Å². The zero-order valence-electron chi connectivity index (χ0n) is 15.0. The number of hydrogen-bond acceptors (Lipinski definition) is 5. The highest BCUT2D eigenvalue weighted by molar-refractivity contribution is 7.08. The topological polar surface area (TPSA) is 68.0 Å². The minimum Gasteiger partial charge on any atom is -0.421 e. The lowest BCUT2D eigenvalue weighted by Gasteiger charge is -2.39. The fraction of sp³-hybridized carbons (Fsp3) is 0.632. The van der Waals surface area contributed by atoms with Crippen LogP contribution < -0.4 is 5.32 Å². The second-order valence-electron chi connectivity index (χ2n) is 8.24. The molecule has 0 saturated heterocycles. The van der Waals surface area contributed by atoms with E-state index in [2.05, 4.69) is 36.3 Å². The second-order valence-corrected chi connectivity index (χ2v) is 9.02. The van der Waals surface area contributed by atoms with Gasteiger partial charge in [0.15, 0.2) is 0 Å². The first-order chi connectivity index (χ1) is 11.9. The van der Waals surface area contributed by atoms with E-state index in [9.17, 15) is 4.79 Å². The summed E-state index contributed by atoms with van der Waals surface area (Å²) < 4.78 is 5.66. The SMILES string of the molecule is CC1(C)C2CCC1(C)C(NC(=O)CCc1nnc(-c3ccsc3)o1)C2. The highest BCUT2D eigenvalue weighted by atomic mass is 32.1. The normalized spacial score (nSPS) is 29.9. The van der Waals surface area contributed by atoms with Crippen LogP contribution in [0.4, 0.5) is 0 Å². The third kappa shape index (κ3) is 2.71. The van der Waals surface area contributed by atoms with E-state index in [-0.39, 0.29) is 17.4 Å². The van der Waals surface area contributed by atoms with Crippen molar-refractivity contribution in [3.8, 4) is 11.5 Å². The minimum atomic E-state index is 0.0878. The highest BCUT2D eigenvalue weighted by Gasteiger charge is 2.61. The molecule has 1 N–H and O–H groups in total. The Kier molecular flexibility index (Phi) is 3.98. The number of aromatic nitrogens is 2. The van der Waals surface area contributed by atoms with Crippen LogP contribution in [0.15, 0.2) is 21.2 Å². The zero-order valence-corrected chi connectivity index (χ0v) is 15.9. The van der Waals surface area contributed by atoms with Crippen LogP contribution in [0.5, 0.6) is 0 Å². The summed E-state index contributed by atoms with van der Waals surface area (Å²) in [6.07, 6.45) is 4.49. The van der Waals surface area contributed by atoms with Crippen LogP contribution in [0.3, 0.4) is 0 Å². The molecular formula is C19H25N3O2S. The molecular weight excluding hydrogens is 334 g/mol. The highest BCUT2D eigenvalue weighted by Crippen LogP contribution is 2.65. The van der Waals surface area contributed by atoms with Gasteiger partial charge >= 0.3 is 0 Å². The molecule has 3 atom stereocenters. The summed E-state index contributed by atoms with van der Waals surface area (Å²) in [7, 11) is 0. The number of nitrogens with zero attached hydrogens (tertiary/aromatic N) is 2. The Labute approximate surface area is 152 Å². The van der Waals surface area contributed by atoms with Crippen molar-refractivity contribution in [2.45, 2.75) is 58.9 Å². The van der Waals surface area contributed by atoms with Gasteiger partial charge in [0.1, 0.15) is 0 Å². The van der Waals surface area contributed by atoms with Gasteiger partial charge in [-0.05, 0) is 47.5 Å². The van der Waals surface area contributed by atoms with Crippen molar-refractivity contribution in [1.82, 2.24) is 15.5 Å². The van der Waals surface area contributed by atoms with Gasteiger partial charge in [0.25, 0.3) is 0 Å². The quantitative estimate of drug-likeness (QED) is 0.874. The summed E-state index contributed by atoms with van der Waals surface area (Å²) in [5, 5.41) is 15.4. The summed E-state index contributed by atoms with van der Waals surface area (Å²) in [6, 6.07) is 2.24. The molecule has 0 aliphatic heterocycles. The summed E-state index contributed by atoms with van der Waals surface area (Å²) in [4.78, 5) is 12.4. The molecule has 2 aromatic heterocycles. The Morgan fingerprint density at radius 1 is 1.40 bits per heavy atom. The number of carbonyl (C=O) groups excluding carboxylic acids is 1. The lowest BCUT2D eigenvalue weighted by atomic mass is 9.69. The molecule has 2 aliphatic carbocycles. The van der Waals surface area contributed by atoms with Gasteiger partial charge in [0.05, 0.1) is 0 Å². The number of rotatable bonds is 5. The molecule has 4 rings (SSSR count). The molecule has 5 nitrogen and oxygen atoms in total. The molecule has 2 bridgehead atoms. The van der Waals surface area contributed by atoms with E-state index >= 15 is 0 Å². The number of nitrogens with one attached hydrogen (secondary N) is 1. The smallest absolute Gasteiger partial charge is 0.248 e. The number of hydrogen-bond donors (Lipinski definition) is 1. The molecule has 25 heavy (non-hydrogen) atoms. The van der Waals surface area contributed by atoms with Crippen molar-refractivity contribution in [2.75, 3.05) is 0 Å². The molecule has 2 fully saturated rings. The van der Waals surface area contributed by atoms with Crippen LogP contribution in [-0.2, 0) is 11.2 Å². The molecule has 0 aromatic carbocycles. The van der Waals surface area contributed by atoms with E-state index < -0.39 is 0 Å². The molecule has 6 heteroatoms. The lowest BCUT2D eigenvalue weighted by Crippen LogP contribution is -2.46. The average molecular weight is 359 g/mol. The maximum Gasteiger partial charge on any atom is 0.248 e. The number of amides is 1. The standard InChI is InChI=1S/C19H25N3O2S/c1-18(2)13-6-8-19(18,3)14(10-13)20-15(23)4-5-16-21-22-17(24-16)12-7-9-25-11-12/h7,9,11,13-14H,4-6,8,10H2,1-3H3,(H,20,23). The first-order valence-corrected chi connectivity index (χ1v) is 9.99. The molecule has 3 unspecified atom stereocenters. The molecule has 2 saturated carbocycles. The predicted octanol–water partition coefficient (Wildman–Crippen LogP) is 4.06. The van der Waals surface area contributed by atoms with E-state index in [1.807, 2.05) is 16.8 Å². The Morgan fingerprint density at radius 2 is 2.24 bits per heavy atom. The van der Waals surface area contributed by atoms with E-state index in [0.717, 1.165) is 17.9 Å². The summed E-state index contributed by atoms with van der Waals surface area (Å²) in [5.74, 6) is 1.87. The van der Waals surface area contributed by atoms with Crippen LogP contribution >= 0.6 is 11.3 Å². The lowest BCUT2D eigenvalue weighted by molar-refractivity contribution is -0.122. The Hall–Kier alpha value is -1.69. The number of thiophene rings is 1. The van der Waals surface area contributed by atoms with Gasteiger partial charge in [-0.1, -0.05) is 20.8 Å². The molecule has 2 aromatic rings. The van der Waals surface area contributed by atoms with Crippen molar-refractivity contribution in [3.05, 3.63) is 22.7 Å². The largest absolute Gasteiger partial charge is 0.421 e. The monoisotopic (exact) mass is 359 g/mol. The van der Waals surface area contributed by atoms with Crippen LogP contribution in [0.25, 0.3) is 11.5 Å². The van der Waals surface area contributed by atoms with Gasteiger partial charge in [0.2, 0.25) is 17.7 Å². The Morgan fingerprint density at radius 3 is 2.88 bits per heavy atom. The van der Waals surface area contributed by atoms with Crippen LogP contribution in [0.1, 0.15) is 52.3 Å². The molecule has 0 radical (unpaired) electrons. The zero-order chi connectivity index (χ0) is 17.7. The van der Waals surface area contributed by atoms with Crippen molar-refractivity contribution < 1.29 is 9.21 Å². The van der Waals surface area contributed by atoms with Crippen molar-refractivity contribution in [1.29, 1.82) is 0 Å². The molecule has 2 aliphatic rings. The van der Waals surface area contributed by atoms with Crippen LogP contribution in [0.2, 0.25) is 0 Å². The fourth-order valence-electron chi connectivity index (χ4n) is 4.77. The van der Waals surface area contributed by atoms with Gasteiger partial charge in [-0.25, -0.2) is 0 Å². The van der Waals surface area contributed by atoms with Gasteiger partial charge in [-0.2, -0.15) is 11.3 Å². The van der Waals surface area contributed by atoms with E-state index in [1.165, 1.54) is 12.8 Å². The van der Waals surface area contributed by atoms with Crippen LogP contribution in [0, 0.1) is 16.7 Å². The molecule has 134 valence electrons. The molecule has 0 spiro atoms. The van der Waals surface area contributed by atoms with E-state index in [4.69, 9.17) is 4.42 Å². The number of carbonyl (C=O) groups is 1. The average Bonchev–Trinajstić information content (AvgIpc) is 3.31. The number of fused-ring (bicyclic) bond motifs is 2. The van der Waals surface area contributed by atoms with Gasteiger partial charge in [0, 0.05) is 29.8 Å². The first kappa shape index (κ1) is 16.8. The molecule has 2 heterocycles. The van der Waals surface area contributed by atoms with Gasteiger partial charge in [-0.3, -0.25) is 4.79 Å². The molecule has 1 amide bonds. The maximum absolute atomic E-state index is 12.4. The van der Waals surface area contributed by atoms with Crippen molar-refractivity contribution >= 4 is 17.2 Å². The fourth-order valence-corrected chi connectivity index (χ4v) is 5.40. The Bertz CT molecular complexity index is 767. The predicted molar refractivity (Wildman–Crippen MR) is 97.1 cm³/mol. The summed E-state index contributed by atoms with van der Waals surface area (Å²) in [6.45, 7) is 7.07. The Balaban J connectivity index is 1.33. The van der Waals surface area contributed by atoms with Gasteiger partial charge in [-0.15, -0.1) is 10.2 Å². The number of aryl methyl sites for hydroxylation is 1. The van der Waals surface area contributed by atoms with Crippen molar-refractivity contribution in [3.63, 3.8) is 0 Å².